The summed E-state index contributed by atoms with van der Waals surface area (Å²) in [6.45, 7) is 4.78. The highest BCUT2D eigenvalue weighted by Crippen LogP contribution is 2.29. The van der Waals surface area contributed by atoms with Crippen LogP contribution < -0.4 is 5.32 Å². The van der Waals surface area contributed by atoms with E-state index in [-0.39, 0.29) is 17.1 Å². The number of carbonyl (C=O) groups excluding carboxylic acids is 1. The summed E-state index contributed by atoms with van der Waals surface area (Å²) in [5.41, 5.74) is 0.450. The van der Waals surface area contributed by atoms with Crippen molar-refractivity contribution in [1.82, 2.24) is 4.90 Å². The average molecular weight is 341 g/mol. The summed E-state index contributed by atoms with van der Waals surface area (Å²) in [6.07, 6.45) is 1.96. The van der Waals surface area contributed by atoms with E-state index in [1.165, 1.54) is 12.1 Å². The molecule has 0 aliphatic carbocycles. The highest BCUT2D eigenvalue weighted by atomic mass is 79.9. The number of hydrogen-bond donors (Lipinski definition) is 2. The van der Waals surface area contributed by atoms with Crippen molar-refractivity contribution in [1.29, 1.82) is 0 Å². The van der Waals surface area contributed by atoms with Gasteiger partial charge < -0.3 is 15.3 Å². The van der Waals surface area contributed by atoms with E-state index in [1.807, 2.05) is 13.8 Å². The monoisotopic (exact) mass is 340 g/mol. The number of hydrogen-bond acceptors (Lipinski definition) is 2. The van der Waals surface area contributed by atoms with Gasteiger partial charge in [-0.1, -0.05) is 15.9 Å². The van der Waals surface area contributed by atoms with Gasteiger partial charge in [0.1, 0.15) is 0 Å². The number of amides is 2. The van der Waals surface area contributed by atoms with Gasteiger partial charge in [0.05, 0.1) is 5.56 Å². The van der Waals surface area contributed by atoms with E-state index in [4.69, 9.17) is 5.11 Å². The van der Waals surface area contributed by atoms with Gasteiger partial charge in [0, 0.05) is 22.2 Å². The first-order chi connectivity index (χ1) is 9.29. The highest BCUT2D eigenvalue weighted by Gasteiger charge is 2.35. The summed E-state index contributed by atoms with van der Waals surface area (Å²) >= 11 is 3.25. The third kappa shape index (κ3) is 3.12. The number of rotatable bonds is 2. The number of likely N-dealkylation sites (tertiary alicyclic amines) is 1. The molecule has 5 nitrogen and oxygen atoms in total. The second kappa shape index (κ2) is 5.44. The van der Waals surface area contributed by atoms with Crippen LogP contribution in [0.5, 0.6) is 0 Å². The van der Waals surface area contributed by atoms with E-state index in [0.717, 1.165) is 19.4 Å². The van der Waals surface area contributed by atoms with E-state index >= 15 is 0 Å². The Kier molecular flexibility index (Phi) is 4.04. The van der Waals surface area contributed by atoms with Crippen LogP contribution >= 0.6 is 15.9 Å². The summed E-state index contributed by atoms with van der Waals surface area (Å²) < 4.78 is 0.619. The van der Waals surface area contributed by atoms with Crippen LogP contribution in [0.2, 0.25) is 0 Å². The molecule has 0 aromatic heterocycles. The lowest BCUT2D eigenvalue weighted by atomic mass is 10.0. The molecule has 0 saturated carbocycles. The van der Waals surface area contributed by atoms with Crippen LogP contribution in [0.3, 0.4) is 0 Å². The lowest BCUT2D eigenvalue weighted by Crippen LogP contribution is -2.44. The average Bonchev–Trinajstić information content (AvgIpc) is 2.68. The fraction of sp³-hybridized carbons (Fsp3) is 0.429. The summed E-state index contributed by atoms with van der Waals surface area (Å²) in [5.74, 6) is -1.02. The van der Waals surface area contributed by atoms with Gasteiger partial charge >= 0.3 is 12.0 Å². The van der Waals surface area contributed by atoms with Gasteiger partial charge in [-0.3, -0.25) is 0 Å². The number of anilines is 1. The van der Waals surface area contributed by atoms with Crippen molar-refractivity contribution in [2.75, 3.05) is 11.9 Å². The molecule has 1 aliphatic heterocycles. The van der Waals surface area contributed by atoms with Crippen LogP contribution in [-0.2, 0) is 0 Å². The maximum atomic E-state index is 12.3. The zero-order valence-electron chi connectivity index (χ0n) is 11.4. The van der Waals surface area contributed by atoms with E-state index in [2.05, 4.69) is 21.2 Å². The molecule has 2 rings (SSSR count). The predicted octanol–water partition coefficient (Wildman–Crippen LogP) is 3.55. The largest absolute Gasteiger partial charge is 0.478 e. The van der Waals surface area contributed by atoms with Crippen LogP contribution in [0, 0.1) is 0 Å². The second-order valence-corrected chi connectivity index (χ2v) is 6.45. The molecular formula is C14H17BrN2O3. The molecule has 0 bridgehead atoms. The molecule has 2 N–H and O–H groups in total. The fourth-order valence-corrected chi connectivity index (χ4v) is 2.95. The molecule has 1 heterocycles. The Morgan fingerprint density at radius 3 is 2.60 bits per heavy atom. The number of carboxylic acids is 1. The van der Waals surface area contributed by atoms with Crippen molar-refractivity contribution in [2.24, 2.45) is 0 Å². The van der Waals surface area contributed by atoms with Crippen molar-refractivity contribution in [3.05, 3.63) is 28.2 Å². The SMILES string of the molecule is CC1(C)CCCN1C(=O)Nc1cc(Br)cc(C(=O)O)c1. The van der Waals surface area contributed by atoms with Gasteiger partial charge in [0.15, 0.2) is 0 Å². The summed E-state index contributed by atoms with van der Waals surface area (Å²) in [7, 11) is 0. The third-order valence-electron chi connectivity index (χ3n) is 3.54. The van der Waals surface area contributed by atoms with Crippen molar-refractivity contribution in [2.45, 2.75) is 32.2 Å². The van der Waals surface area contributed by atoms with Crippen LogP contribution in [0.25, 0.3) is 0 Å². The minimum Gasteiger partial charge on any atom is -0.478 e. The number of carbonyl (C=O) groups is 2. The fourth-order valence-electron chi connectivity index (χ4n) is 2.46. The van der Waals surface area contributed by atoms with Crippen LogP contribution in [0.1, 0.15) is 37.0 Å². The van der Waals surface area contributed by atoms with Crippen molar-refractivity contribution >= 4 is 33.6 Å². The first kappa shape index (κ1) is 14.8. The molecule has 20 heavy (non-hydrogen) atoms. The van der Waals surface area contributed by atoms with Gasteiger partial charge in [-0.2, -0.15) is 0 Å². The second-order valence-electron chi connectivity index (χ2n) is 5.53. The number of nitrogens with zero attached hydrogens (tertiary/aromatic N) is 1. The Labute approximate surface area is 126 Å². The molecular weight excluding hydrogens is 324 g/mol. The Hall–Kier alpha value is -1.56. The third-order valence-corrected chi connectivity index (χ3v) is 4.00. The minimum atomic E-state index is -1.02. The van der Waals surface area contributed by atoms with Crippen molar-refractivity contribution in [3.8, 4) is 0 Å². The lowest BCUT2D eigenvalue weighted by molar-refractivity contribution is 0.0696. The van der Waals surface area contributed by atoms with Gasteiger partial charge in [0.25, 0.3) is 0 Å². The molecule has 6 heteroatoms. The maximum Gasteiger partial charge on any atom is 0.335 e. The van der Waals surface area contributed by atoms with E-state index in [1.54, 1.807) is 11.0 Å². The number of benzene rings is 1. The van der Waals surface area contributed by atoms with E-state index in [0.29, 0.717) is 10.2 Å². The van der Waals surface area contributed by atoms with Crippen molar-refractivity contribution in [3.63, 3.8) is 0 Å². The van der Waals surface area contributed by atoms with Gasteiger partial charge in [-0.25, -0.2) is 9.59 Å². The normalized spacial score (nSPS) is 17.1. The Bertz CT molecular complexity index is 557. The molecule has 0 unspecified atom stereocenters. The predicted molar refractivity (Wildman–Crippen MR) is 80.1 cm³/mol. The Morgan fingerprint density at radius 1 is 1.35 bits per heavy atom. The van der Waals surface area contributed by atoms with E-state index in [9.17, 15) is 9.59 Å². The molecule has 0 spiro atoms. The number of carboxylic acid groups (broad SMARTS) is 1. The molecule has 0 radical (unpaired) electrons. The summed E-state index contributed by atoms with van der Waals surface area (Å²) in [5, 5.41) is 11.8. The zero-order valence-corrected chi connectivity index (χ0v) is 13.0. The van der Waals surface area contributed by atoms with Gasteiger partial charge in [-0.05, 0) is 44.9 Å². The maximum absolute atomic E-state index is 12.3. The minimum absolute atomic E-state index is 0.135. The molecule has 1 fully saturated rings. The Balaban J connectivity index is 2.18. The standard InChI is InChI=1S/C14H17BrN2O3/c1-14(2)4-3-5-17(14)13(20)16-11-7-9(12(18)19)6-10(15)8-11/h6-8H,3-5H2,1-2H3,(H,16,20)(H,18,19). The van der Waals surface area contributed by atoms with E-state index < -0.39 is 5.97 Å². The van der Waals surface area contributed by atoms with Gasteiger partial charge in [0.2, 0.25) is 0 Å². The number of aromatic carboxylic acids is 1. The molecule has 108 valence electrons. The quantitative estimate of drug-likeness (QED) is 0.864. The molecule has 1 saturated heterocycles. The number of halogens is 1. The highest BCUT2D eigenvalue weighted by molar-refractivity contribution is 9.10. The summed E-state index contributed by atoms with van der Waals surface area (Å²) in [4.78, 5) is 25.1. The van der Waals surface area contributed by atoms with Crippen LogP contribution in [-0.4, -0.2) is 34.1 Å². The lowest BCUT2D eigenvalue weighted by Gasteiger charge is -2.31. The molecule has 1 aromatic rings. The topological polar surface area (TPSA) is 69.6 Å². The zero-order chi connectivity index (χ0) is 14.9. The Morgan fingerprint density at radius 2 is 2.05 bits per heavy atom. The smallest absolute Gasteiger partial charge is 0.335 e. The molecule has 1 aliphatic rings. The van der Waals surface area contributed by atoms with Crippen molar-refractivity contribution < 1.29 is 14.7 Å². The first-order valence-corrected chi connectivity index (χ1v) is 7.21. The van der Waals surface area contributed by atoms with Gasteiger partial charge in [-0.15, -0.1) is 0 Å². The molecule has 2 amide bonds. The van der Waals surface area contributed by atoms with Crippen LogP contribution in [0.15, 0.2) is 22.7 Å². The first-order valence-electron chi connectivity index (χ1n) is 6.42. The number of urea groups is 1. The summed E-state index contributed by atoms with van der Waals surface area (Å²) in [6, 6.07) is 4.45. The molecule has 0 atom stereocenters. The van der Waals surface area contributed by atoms with Crippen LogP contribution in [0.4, 0.5) is 10.5 Å². The molecule has 1 aromatic carbocycles. The number of nitrogens with one attached hydrogen (secondary N) is 1.